The molecule has 2 fully saturated rings. The van der Waals surface area contributed by atoms with Gasteiger partial charge in [0.15, 0.2) is 0 Å². The first kappa shape index (κ1) is 10.9. The van der Waals surface area contributed by atoms with Crippen molar-refractivity contribution < 1.29 is 9.90 Å². The highest BCUT2D eigenvalue weighted by atomic mass is 16.3. The maximum Gasteiger partial charge on any atom is 0.239 e. The summed E-state index contributed by atoms with van der Waals surface area (Å²) in [6.45, 7) is 6.20. The van der Waals surface area contributed by atoms with Gasteiger partial charge in [-0.05, 0) is 12.3 Å². The van der Waals surface area contributed by atoms with Crippen LogP contribution in [0.4, 0.5) is 0 Å². The molecule has 2 saturated heterocycles. The quantitative estimate of drug-likeness (QED) is 0.696. The SMILES string of the molecule is CC(C)C1(O)CN(C2CCN(C)C2=O)C1. The van der Waals surface area contributed by atoms with Gasteiger partial charge in [0.05, 0.1) is 11.6 Å². The zero-order valence-corrected chi connectivity index (χ0v) is 9.73. The maximum atomic E-state index is 11.7. The van der Waals surface area contributed by atoms with Crippen molar-refractivity contribution in [3.05, 3.63) is 0 Å². The van der Waals surface area contributed by atoms with Gasteiger partial charge in [0.2, 0.25) is 5.91 Å². The third-order valence-electron chi connectivity index (χ3n) is 3.87. The maximum absolute atomic E-state index is 11.7. The van der Waals surface area contributed by atoms with Crippen LogP contribution in [-0.4, -0.2) is 59.1 Å². The van der Waals surface area contributed by atoms with E-state index in [9.17, 15) is 9.90 Å². The minimum absolute atomic E-state index is 0.0222. The Balaban J connectivity index is 1.93. The molecular formula is C11H20N2O2. The van der Waals surface area contributed by atoms with Gasteiger partial charge < -0.3 is 10.0 Å². The topological polar surface area (TPSA) is 43.8 Å². The lowest BCUT2D eigenvalue weighted by molar-refractivity contribution is -0.155. The largest absolute Gasteiger partial charge is 0.387 e. The van der Waals surface area contributed by atoms with Gasteiger partial charge >= 0.3 is 0 Å². The average molecular weight is 212 g/mol. The van der Waals surface area contributed by atoms with E-state index in [0.717, 1.165) is 13.0 Å². The number of amides is 1. The van der Waals surface area contributed by atoms with Crippen LogP contribution in [0.2, 0.25) is 0 Å². The number of carbonyl (C=O) groups is 1. The molecule has 1 unspecified atom stereocenters. The molecule has 2 aliphatic heterocycles. The first-order valence-corrected chi connectivity index (χ1v) is 5.65. The van der Waals surface area contributed by atoms with Crippen molar-refractivity contribution in [3.63, 3.8) is 0 Å². The molecule has 0 radical (unpaired) electrons. The Hall–Kier alpha value is -0.610. The standard InChI is InChI=1S/C11H20N2O2/c1-8(2)11(15)6-13(7-11)9-4-5-12(3)10(9)14/h8-9,15H,4-7H2,1-3H3. The molecule has 2 heterocycles. The predicted molar refractivity (Wildman–Crippen MR) is 57.4 cm³/mol. The van der Waals surface area contributed by atoms with Gasteiger partial charge in [-0.25, -0.2) is 0 Å². The number of β-amino-alcohol motifs (C(OH)–C–C–N with tert-alkyl or cyclic N) is 1. The highest BCUT2D eigenvalue weighted by Crippen LogP contribution is 2.32. The van der Waals surface area contributed by atoms with Gasteiger partial charge in [0, 0.05) is 26.7 Å². The minimum Gasteiger partial charge on any atom is -0.387 e. The number of likely N-dealkylation sites (tertiary alicyclic amines) is 2. The summed E-state index contributed by atoms with van der Waals surface area (Å²) in [6, 6.07) is 0.0222. The molecule has 1 amide bonds. The lowest BCUT2D eigenvalue weighted by Gasteiger charge is -2.51. The zero-order valence-electron chi connectivity index (χ0n) is 9.73. The van der Waals surface area contributed by atoms with E-state index < -0.39 is 5.60 Å². The number of hydrogen-bond donors (Lipinski definition) is 1. The van der Waals surface area contributed by atoms with Crippen molar-refractivity contribution in [1.29, 1.82) is 0 Å². The van der Waals surface area contributed by atoms with Crippen LogP contribution in [0.15, 0.2) is 0 Å². The molecule has 15 heavy (non-hydrogen) atoms. The van der Waals surface area contributed by atoms with Crippen LogP contribution >= 0.6 is 0 Å². The van der Waals surface area contributed by atoms with Gasteiger partial charge in [0.1, 0.15) is 0 Å². The molecule has 1 atom stereocenters. The Bertz CT molecular complexity index is 272. The van der Waals surface area contributed by atoms with Crippen LogP contribution in [0.1, 0.15) is 20.3 Å². The van der Waals surface area contributed by atoms with Crippen molar-refractivity contribution in [2.45, 2.75) is 31.9 Å². The second-order valence-corrected chi connectivity index (χ2v) is 5.23. The van der Waals surface area contributed by atoms with Crippen LogP contribution in [-0.2, 0) is 4.79 Å². The normalized spacial score (nSPS) is 31.1. The summed E-state index contributed by atoms with van der Waals surface area (Å²) >= 11 is 0. The Morgan fingerprint density at radius 3 is 2.47 bits per heavy atom. The number of aliphatic hydroxyl groups is 1. The Morgan fingerprint density at radius 1 is 1.47 bits per heavy atom. The highest BCUT2D eigenvalue weighted by molar-refractivity contribution is 5.83. The van der Waals surface area contributed by atoms with E-state index >= 15 is 0 Å². The lowest BCUT2D eigenvalue weighted by Crippen LogP contribution is -2.67. The number of hydrogen-bond acceptors (Lipinski definition) is 3. The Labute approximate surface area is 90.9 Å². The summed E-state index contributed by atoms with van der Waals surface area (Å²) in [5.74, 6) is 0.476. The number of rotatable bonds is 2. The molecule has 0 aromatic carbocycles. The van der Waals surface area contributed by atoms with Crippen LogP contribution in [0.25, 0.3) is 0 Å². The molecule has 0 bridgehead atoms. The highest BCUT2D eigenvalue weighted by Gasteiger charge is 2.49. The van der Waals surface area contributed by atoms with Crippen LogP contribution in [0.3, 0.4) is 0 Å². The molecular weight excluding hydrogens is 192 g/mol. The van der Waals surface area contributed by atoms with E-state index in [1.807, 2.05) is 20.9 Å². The van der Waals surface area contributed by atoms with Crippen molar-refractivity contribution in [2.24, 2.45) is 5.92 Å². The third-order valence-corrected chi connectivity index (χ3v) is 3.87. The minimum atomic E-state index is -0.568. The van der Waals surface area contributed by atoms with E-state index in [2.05, 4.69) is 4.90 Å². The van der Waals surface area contributed by atoms with Crippen LogP contribution < -0.4 is 0 Å². The van der Waals surface area contributed by atoms with Crippen molar-refractivity contribution in [2.75, 3.05) is 26.7 Å². The molecule has 86 valence electrons. The van der Waals surface area contributed by atoms with Crippen molar-refractivity contribution in [1.82, 2.24) is 9.80 Å². The van der Waals surface area contributed by atoms with Crippen molar-refractivity contribution in [3.8, 4) is 0 Å². The van der Waals surface area contributed by atoms with Gasteiger partial charge in [-0.1, -0.05) is 13.8 Å². The van der Waals surface area contributed by atoms with Crippen molar-refractivity contribution >= 4 is 5.91 Å². The first-order chi connectivity index (χ1) is 6.94. The lowest BCUT2D eigenvalue weighted by atomic mass is 9.82. The van der Waals surface area contributed by atoms with Crippen LogP contribution in [0, 0.1) is 5.92 Å². The Kier molecular flexibility index (Phi) is 2.51. The Morgan fingerprint density at radius 2 is 2.07 bits per heavy atom. The molecule has 0 aromatic rings. The molecule has 0 saturated carbocycles. The molecule has 1 N–H and O–H groups in total. The smallest absolute Gasteiger partial charge is 0.239 e. The monoisotopic (exact) mass is 212 g/mol. The summed E-state index contributed by atoms with van der Waals surface area (Å²) in [7, 11) is 1.84. The van der Waals surface area contributed by atoms with Crippen LogP contribution in [0.5, 0.6) is 0 Å². The molecule has 4 heteroatoms. The number of nitrogens with zero attached hydrogens (tertiary/aromatic N) is 2. The van der Waals surface area contributed by atoms with E-state index in [-0.39, 0.29) is 17.9 Å². The fourth-order valence-corrected chi connectivity index (χ4v) is 2.39. The second kappa shape index (κ2) is 3.46. The van der Waals surface area contributed by atoms with Gasteiger partial charge in [-0.15, -0.1) is 0 Å². The van der Waals surface area contributed by atoms with E-state index in [1.165, 1.54) is 0 Å². The molecule has 0 aliphatic carbocycles. The van der Waals surface area contributed by atoms with Gasteiger partial charge in [-0.3, -0.25) is 9.69 Å². The number of carbonyl (C=O) groups excluding carboxylic acids is 1. The molecule has 2 aliphatic rings. The average Bonchev–Trinajstić information content (AvgIpc) is 2.42. The molecule has 2 rings (SSSR count). The third kappa shape index (κ3) is 1.66. The second-order valence-electron chi connectivity index (χ2n) is 5.23. The molecule has 4 nitrogen and oxygen atoms in total. The predicted octanol–water partition coefficient (Wildman–Crippen LogP) is -0.0802. The van der Waals surface area contributed by atoms with E-state index in [1.54, 1.807) is 4.90 Å². The molecule has 0 spiro atoms. The van der Waals surface area contributed by atoms with E-state index in [0.29, 0.717) is 13.1 Å². The summed E-state index contributed by atoms with van der Waals surface area (Å²) in [6.07, 6.45) is 0.906. The summed E-state index contributed by atoms with van der Waals surface area (Å²) < 4.78 is 0. The van der Waals surface area contributed by atoms with Gasteiger partial charge in [0.25, 0.3) is 0 Å². The summed E-state index contributed by atoms with van der Waals surface area (Å²) in [5, 5.41) is 10.1. The summed E-state index contributed by atoms with van der Waals surface area (Å²) in [4.78, 5) is 15.6. The van der Waals surface area contributed by atoms with E-state index in [4.69, 9.17) is 0 Å². The van der Waals surface area contributed by atoms with Gasteiger partial charge in [-0.2, -0.15) is 0 Å². The zero-order chi connectivity index (χ0) is 11.2. The molecule has 0 aromatic heterocycles. The fourth-order valence-electron chi connectivity index (χ4n) is 2.39. The number of likely N-dealkylation sites (N-methyl/N-ethyl adjacent to an activating group) is 1. The summed E-state index contributed by atoms with van der Waals surface area (Å²) in [5.41, 5.74) is -0.568. The fraction of sp³-hybridized carbons (Fsp3) is 0.909. The first-order valence-electron chi connectivity index (χ1n) is 5.65.